The summed E-state index contributed by atoms with van der Waals surface area (Å²) in [6.07, 6.45) is 16.5. The molecule has 27 heavy (non-hydrogen) atoms. The van der Waals surface area contributed by atoms with Gasteiger partial charge < -0.3 is 9.94 Å². The summed E-state index contributed by atoms with van der Waals surface area (Å²) in [5.41, 5.74) is 1.63. The van der Waals surface area contributed by atoms with E-state index in [1.54, 1.807) is 0 Å². The summed E-state index contributed by atoms with van der Waals surface area (Å²) in [7, 11) is 0. The van der Waals surface area contributed by atoms with Crippen LogP contribution in [0.15, 0.2) is 16.8 Å². The van der Waals surface area contributed by atoms with Crippen molar-refractivity contribution in [2.24, 2.45) is 40.7 Å². The number of fused-ring (bicyclic) bond motifs is 5. The molecule has 4 nitrogen and oxygen atoms in total. The second-order valence-corrected chi connectivity index (χ2v) is 9.08. The Bertz CT molecular complexity index is 718. The second-order valence-electron chi connectivity index (χ2n) is 9.08. The fraction of sp³-hybridized carbons (Fsp3) is 0.739. The molecule has 0 bridgehead atoms. The Balaban J connectivity index is 1.65. The molecule has 0 aromatic rings. The van der Waals surface area contributed by atoms with Gasteiger partial charge in [0.25, 0.3) is 0 Å². The first-order valence-electron chi connectivity index (χ1n) is 10.6. The molecule has 0 spiro atoms. The summed E-state index contributed by atoms with van der Waals surface area (Å²) in [5.74, 6) is 6.08. The summed E-state index contributed by atoms with van der Waals surface area (Å²) < 4.78 is 5.83. The van der Waals surface area contributed by atoms with E-state index in [1.807, 2.05) is 0 Å². The van der Waals surface area contributed by atoms with Crippen LogP contribution in [0.5, 0.6) is 0 Å². The van der Waals surface area contributed by atoms with E-state index in [4.69, 9.17) is 16.4 Å². The van der Waals surface area contributed by atoms with Crippen LogP contribution in [-0.2, 0) is 9.53 Å². The largest absolute Gasteiger partial charge is 0.446 e. The van der Waals surface area contributed by atoms with Crippen LogP contribution in [0.4, 0.5) is 0 Å². The van der Waals surface area contributed by atoms with Crippen LogP contribution in [0.25, 0.3) is 0 Å². The number of allylic oxidation sites excluding steroid dienone is 2. The number of carbonyl (C=O) groups excluding carboxylic acids is 1. The Hall–Kier alpha value is -1.76. The third-order valence-corrected chi connectivity index (χ3v) is 8.08. The number of oxime groups is 1. The maximum atomic E-state index is 11.8. The molecule has 0 aromatic carbocycles. The third-order valence-electron chi connectivity index (χ3n) is 8.08. The molecule has 146 valence electrons. The van der Waals surface area contributed by atoms with E-state index in [2.05, 4.69) is 24.1 Å². The van der Waals surface area contributed by atoms with E-state index in [-0.39, 0.29) is 5.97 Å². The van der Waals surface area contributed by atoms with Crippen molar-refractivity contribution in [1.82, 2.24) is 0 Å². The molecule has 0 aliphatic heterocycles. The zero-order valence-electron chi connectivity index (χ0n) is 16.5. The summed E-state index contributed by atoms with van der Waals surface area (Å²) >= 11 is 0. The monoisotopic (exact) mass is 369 g/mol. The van der Waals surface area contributed by atoms with E-state index in [0.717, 1.165) is 44.2 Å². The van der Waals surface area contributed by atoms with Gasteiger partial charge in [-0.3, -0.25) is 4.79 Å². The minimum absolute atomic E-state index is 0.248. The van der Waals surface area contributed by atoms with Gasteiger partial charge in [0.05, 0.1) is 5.71 Å². The fourth-order valence-corrected chi connectivity index (χ4v) is 7.20. The van der Waals surface area contributed by atoms with Crippen LogP contribution >= 0.6 is 0 Å². The van der Waals surface area contributed by atoms with E-state index in [0.29, 0.717) is 35.5 Å². The van der Waals surface area contributed by atoms with Crippen molar-refractivity contribution in [1.29, 1.82) is 0 Å². The first-order chi connectivity index (χ1) is 13.0. The van der Waals surface area contributed by atoms with Gasteiger partial charge in [-0.15, -0.1) is 6.42 Å². The predicted molar refractivity (Wildman–Crippen MR) is 104 cm³/mol. The van der Waals surface area contributed by atoms with Crippen molar-refractivity contribution in [3.8, 4) is 12.3 Å². The lowest BCUT2D eigenvalue weighted by Crippen LogP contribution is -2.51. The first kappa shape index (κ1) is 18.6. The molecule has 4 heteroatoms. The second kappa shape index (κ2) is 7.00. The van der Waals surface area contributed by atoms with Crippen molar-refractivity contribution in [3.63, 3.8) is 0 Å². The Kier molecular flexibility index (Phi) is 4.82. The zero-order valence-corrected chi connectivity index (χ0v) is 16.5. The van der Waals surface area contributed by atoms with Crippen molar-refractivity contribution in [2.45, 2.75) is 70.8 Å². The Labute approximate surface area is 162 Å². The van der Waals surface area contributed by atoms with E-state index in [1.165, 1.54) is 25.3 Å². The van der Waals surface area contributed by atoms with Crippen LogP contribution in [0, 0.1) is 47.9 Å². The average molecular weight is 370 g/mol. The third kappa shape index (κ3) is 2.91. The number of hydrogen-bond donors (Lipinski definition) is 1. The molecule has 4 rings (SSSR count). The highest BCUT2D eigenvalue weighted by molar-refractivity contribution is 5.96. The van der Waals surface area contributed by atoms with Crippen molar-refractivity contribution >= 4 is 11.7 Å². The molecule has 1 unspecified atom stereocenters. The van der Waals surface area contributed by atoms with Crippen LogP contribution in [0.2, 0.25) is 0 Å². The normalized spacial score (nSPS) is 44.5. The molecule has 0 radical (unpaired) electrons. The Morgan fingerprint density at radius 2 is 2.15 bits per heavy atom. The molecule has 1 N–H and O–H groups in total. The van der Waals surface area contributed by atoms with Gasteiger partial charge in [0.1, 0.15) is 0 Å². The maximum absolute atomic E-state index is 11.8. The summed E-state index contributed by atoms with van der Waals surface area (Å²) in [5, 5.41) is 12.6. The quantitative estimate of drug-likeness (QED) is 0.336. The van der Waals surface area contributed by atoms with Crippen LogP contribution < -0.4 is 0 Å². The summed E-state index contributed by atoms with van der Waals surface area (Å²) in [6, 6.07) is 0. The van der Waals surface area contributed by atoms with E-state index >= 15 is 0 Å². The highest BCUT2D eigenvalue weighted by Crippen LogP contribution is 2.62. The predicted octanol–water partition coefficient (Wildman–Crippen LogP) is 4.57. The van der Waals surface area contributed by atoms with Gasteiger partial charge in [0.2, 0.25) is 0 Å². The molecule has 0 heterocycles. The summed E-state index contributed by atoms with van der Waals surface area (Å²) in [4.78, 5) is 11.8. The van der Waals surface area contributed by atoms with Gasteiger partial charge >= 0.3 is 5.97 Å². The molecule has 0 amide bonds. The SMILES string of the molecule is C#C[C@]1(OC(C)=O)CC[C@@H]2C1[C@H](CC)C[C@H]1[C@H]2CCC2=C/C(=N/O)CC[C@@H]21. The number of carbonyl (C=O) groups is 1. The molecule has 4 aliphatic carbocycles. The number of hydrogen-bond acceptors (Lipinski definition) is 4. The van der Waals surface area contributed by atoms with Crippen molar-refractivity contribution in [3.05, 3.63) is 11.6 Å². The van der Waals surface area contributed by atoms with Gasteiger partial charge in [0, 0.05) is 12.8 Å². The Morgan fingerprint density at radius 3 is 2.81 bits per heavy atom. The smallest absolute Gasteiger partial charge is 0.304 e. The summed E-state index contributed by atoms with van der Waals surface area (Å²) in [6.45, 7) is 3.74. The first-order valence-corrected chi connectivity index (χ1v) is 10.6. The lowest BCUT2D eigenvalue weighted by atomic mass is 9.52. The molecule has 4 aliphatic rings. The highest BCUT2D eigenvalue weighted by atomic mass is 16.6. The average Bonchev–Trinajstić information content (AvgIpc) is 3.06. The number of terminal acetylenes is 1. The molecule has 7 atom stereocenters. The molecule has 3 saturated carbocycles. The minimum atomic E-state index is -0.693. The standard InChI is InChI=1S/C23H31NO3/c1-4-15-13-21-18-9-7-17(24-26)12-16(18)6-8-19(21)20-10-11-23(5-2,22(15)20)27-14(3)25/h2,12,15,18-22,26H,4,6-11,13H2,1,3H3/b24-17+/t15-,18+,19+,20+,21-,22?,23+/m1/s1. The number of ether oxygens (including phenoxy) is 1. The topological polar surface area (TPSA) is 58.9 Å². The van der Waals surface area contributed by atoms with Gasteiger partial charge in [-0.05, 0) is 80.6 Å². The minimum Gasteiger partial charge on any atom is -0.446 e. The maximum Gasteiger partial charge on any atom is 0.304 e. The van der Waals surface area contributed by atoms with E-state index < -0.39 is 5.60 Å². The van der Waals surface area contributed by atoms with Gasteiger partial charge in [-0.1, -0.05) is 30.0 Å². The van der Waals surface area contributed by atoms with Gasteiger partial charge in [-0.2, -0.15) is 0 Å². The number of esters is 1. The number of rotatable bonds is 2. The molecule has 3 fully saturated rings. The van der Waals surface area contributed by atoms with Crippen molar-refractivity contribution in [2.75, 3.05) is 0 Å². The molecular weight excluding hydrogens is 338 g/mol. The number of nitrogens with zero attached hydrogens (tertiary/aromatic N) is 1. The van der Waals surface area contributed by atoms with E-state index in [9.17, 15) is 4.79 Å². The van der Waals surface area contributed by atoms with Gasteiger partial charge in [0.15, 0.2) is 5.60 Å². The molecular formula is C23H31NO3. The van der Waals surface area contributed by atoms with Gasteiger partial charge in [-0.25, -0.2) is 0 Å². The molecule has 0 aromatic heterocycles. The molecule has 0 saturated heterocycles. The van der Waals surface area contributed by atoms with Crippen LogP contribution in [0.3, 0.4) is 0 Å². The zero-order chi connectivity index (χ0) is 19.2. The Morgan fingerprint density at radius 1 is 1.33 bits per heavy atom. The van der Waals surface area contributed by atoms with Crippen LogP contribution in [0.1, 0.15) is 65.2 Å². The van der Waals surface area contributed by atoms with Crippen molar-refractivity contribution < 1.29 is 14.7 Å². The fourth-order valence-electron chi connectivity index (χ4n) is 7.20. The lowest BCUT2D eigenvalue weighted by Gasteiger charge is -2.53. The van der Waals surface area contributed by atoms with Crippen LogP contribution in [-0.4, -0.2) is 22.5 Å². The highest BCUT2D eigenvalue weighted by Gasteiger charge is 2.60. The lowest BCUT2D eigenvalue weighted by molar-refractivity contribution is -0.160.